The van der Waals surface area contributed by atoms with Crippen LogP contribution in [0.5, 0.6) is 0 Å². The monoisotopic (exact) mass is 380 g/mol. The van der Waals surface area contributed by atoms with Crippen molar-refractivity contribution in [2.45, 2.75) is 31.7 Å². The molecule has 1 aromatic carbocycles. The lowest BCUT2D eigenvalue weighted by atomic mass is 10.1. The summed E-state index contributed by atoms with van der Waals surface area (Å²) < 4.78 is 10.9. The van der Waals surface area contributed by atoms with Gasteiger partial charge in [-0.15, -0.1) is 0 Å². The largest absolute Gasteiger partial charge is 0.465 e. The first-order valence-electron chi connectivity index (χ1n) is 7.96. The van der Waals surface area contributed by atoms with Crippen molar-refractivity contribution in [2.24, 2.45) is 0 Å². The molecule has 0 fully saturated rings. The molecule has 2 aromatic rings. The molecule has 0 bridgehead atoms. The van der Waals surface area contributed by atoms with Gasteiger partial charge in [0.1, 0.15) is 0 Å². The van der Waals surface area contributed by atoms with E-state index in [1.54, 1.807) is 13.8 Å². The lowest BCUT2D eigenvalue weighted by Gasteiger charge is -2.14. The van der Waals surface area contributed by atoms with Crippen LogP contribution in [0, 0.1) is 0 Å². The number of fused-ring (bicyclic) bond motifs is 1. The van der Waals surface area contributed by atoms with Gasteiger partial charge >= 0.3 is 11.9 Å². The molecule has 1 aromatic heterocycles. The van der Waals surface area contributed by atoms with Crippen LogP contribution in [0.3, 0.4) is 0 Å². The standard InChI is InChI=1S/C17H20N2O6S/c1-4-25-14(21)9-26-17-18-13-7-11(16(23)24-3)5-6-12(13)15(22)19(17)8-10(2)20/h5-7,10,20H,4,8-9H2,1-3H3/t10-/m0/s1. The Kier molecular flexibility index (Phi) is 6.76. The zero-order valence-electron chi connectivity index (χ0n) is 14.7. The van der Waals surface area contributed by atoms with E-state index in [2.05, 4.69) is 9.72 Å². The molecule has 1 atom stereocenters. The third-order valence-corrected chi connectivity index (χ3v) is 4.36. The highest BCUT2D eigenvalue weighted by Gasteiger charge is 2.16. The predicted molar refractivity (Wildman–Crippen MR) is 96.4 cm³/mol. The molecular weight excluding hydrogens is 360 g/mol. The molecule has 140 valence electrons. The van der Waals surface area contributed by atoms with Crippen molar-refractivity contribution in [3.8, 4) is 0 Å². The molecule has 0 saturated carbocycles. The van der Waals surface area contributed by atoms with E-state index in [0.29, 0.717) is 10.9 Å². The Balaban J connectivity index is 2.52. The van der Waals surface area contributed by atoms with Gasteiger partial charge in [0.25, 0.3) is 5.56 Å². The van der Waals surface area contributed by atoms with Crippen molar-refractivity contribution < 1.29 is 24.2 Å². The van der Waals surface area contributed by atoms with Gasteiger partial charge in [-0.05, 0) is 32.0 Å². The van der Waals surface area contributed by atoms with Crippen LogP contribution in [0.4, 0.5) is 0 Å². The van der Waals surface area contributed by atoms with E-state index in [9.17, 15) is 19.5 Å². The number of esters is 2. The Morgan fingerprint density at radius 1 is 1.38 bits per heavy atom. The van der Waals surface area contributed by atoms with E-state index in [1.165, 1.54) is 29.9 Å². The van der Waals surface area contributed by atoms with E-state index in [0.717, 1.165) is 11.8 Å². The summed E-state index contributed by atoms with van der Waals surface area (Å²) in [6.07, 6.45) is -0.775. The Morgan fingerprint density at radius 3 is 2.73 bits per heavy atom. The van der Waals surface area contributed by atoms with Crippen molar-refractivity contribution in [3.63, 3.8) is 0 Å². The highest BCUT2D eigenvalue weighted by atomic mass is 32.2. The summed E-state index contributed by atoms with van der Waals surface area (Å²) in [5, 5.41) is 10.3. The highest BCUT2D eigenvalue weighted by Crippen LogP contribution is 2.20. The van der Waals surface area contributed by atoms with Crippen LogP contribution in [0.2, 0.25) is 0 Å². The molecule has 0 aliphatic carbocycles. The predicted octanol–water partition coefficient (Wildman–Crippen LogP) is 1.22. The topological polar surface area (TPSA) is 108 Å². The third-order valence-electron chi connectivity index (χ3n) is 3.41. The fourth-order valence-corrected chi connectivity index (χ4v) is 3.11. The first kappa shape index (κ1) is 19.9. The number of benzene rings is 1. The molecule has 2 rings (SSSR count). The second-order valence-electron chi connectivity index (χ2n) is 5.48. The van der Waals surface area contributed by atoms with Crippen LogP contribution in [0.15, 0.2) is 28.2 Å². The summed E-state index contributed by atoms with van der Waals surface area (Å²) in [5.41, 5.74) is 0.214. The number of rotatable bonds is 7. The van der Waals surface area contributed by atoms with Gasteiger partial charge < -0.3 is 14.6 Å². The number of nitrogens with zero attached hydrogens (tertiary/aromatic N) is 2. The fraction of sp³-hybridized carbons (Fsp3) is 0.412. The molecule has 0 aliphatic heterocycles. The van der Waals surface area contributed by atoms with Gasteiger partial charge in [-0.2, -0.15) is 0 Å². The first-order chi connectivity index (χ1) is 12.4. The first-order valence-corrected chi connectivity index (χ1v) is 8.95. The number of hydrogen-bond donors (Lipinski definition) is 1. The summed E-state index contributed by atoms with van der Waals surface area (Å²) in [5.74, 6) is -0.996. The molecule has 0 spiro atoms. The summed E-state index contributed by atoms with van der Waals surface area (Å²) >= 11 is 1.04. The number of aliphatic hydroxyl groups is 1. The number of aromatic nitrogens is 2. The van der Waals surface area contributed by atoms with Crippen molar-refractivity contribution in [2.75, 3.05) is 19.5 Å². The maximum Gasteiger partial charge on any atom is 0.337 e. The van der Waals surface area contributed by atoms with Gasteiger partial charge in [0.05, 0.1) is 48.6 Å². The lowest BCUT2D eigenvalue weighted by molar-refractivity contribution is -0.139. The second kappa shape index (κ2) is 8.81. The van der Waals surface area contributed by atoms with Gasteiger partial charge in [0.2, 0.25) is 0 Å². The van der Waals surface area contributed by atoms with E-state index >= 15 is 0 Å². The molecule has 1 N–H and O–H groups in total. The van der Waals surface area contributed by atoms with Crippen LogP contribution in [0.25, 0.3) is 10.9 Å². The van der Waals surface area contributed by atoms with Gasteiger partial charge in [-0.3, -0.25) is 14.2 Å². The zero-order chi connectivity index (χ0) is 19.3. The molecule has 26 heavy (non-hydrogen) atoms. The number of carbonyl (C=O) groups is 2. The second-order valence-corrected chi connectivity index (χ2v) is 6.42. The Morgan fingerprint density at radius 2 is 2.12 bits per heavy atom. The quantitative estimate of drug-likeness (QED) is 0.434. The molecule has 0 radical (unpaired) electrons. The average Bonchev–Trinajstić information content (AvgIpc) is 2.61. The van der Waals surface area contributed by atoms with Crippen molar-refractivity contribution >= 4 is 34.6 Å². The number of aliphatic hydroxyl groups excluding tert-OH is 1. The Hall–Kier alpha value is -2.39. The molecule has 1 heterocycles. The molecule has 0 unspecified atom stereocenters. The number of methoxy groups -OCH3 is 1. The van der Waals surface area contributed by atoms with Crippen LogP contribution >= 0.6 is 11.8 Å². The minimum absolute atomic E-state index is 0.0255. The minimum Gasteiger partial charge on any atom is -0.465 e. The van der Waals surface area contributed by atoms with E-state index in [4.69, 9.17) is 4.74 Å². The zero-order valence-corrected chi connectivity index (χ0v) is 15.5. The Bertz CT molecular complexity index is 877. The molecule has 0 amide bonds. The summed E-state index contributed by atoms with van der Waals surface area (Å²) in [6.45, 7) is 3.55. The summed E-state index contributed by atoms with van der Waals surface area (Å²) in [4.78, 5) is 40.5. The average molecular weight is 380 g/mol. The minimum atomic E-state index is -0.775. The summed E-state index contributed by atoms with van der Waals surface area (Å²) in [7, 11) is 1.27. The van der Waals surface area contributed by atoms with Crippen LogP contribution in [-0.2, 0) is 20.8 Å². The number of carbonyl (C=O) groups excluding carboxylic acids is 2. The Labute approximate surface area is 154 Å². The van der Waals surface area contributed by atoms with Crippen LogP contribution in [0.1, 0.15) is 24.2 Å². The smallest absolute Gasteiger partial charge is 0.337 e. The van der Waals surface area contributed by atoms with Crippen molar-refractivity contribution in [1.82, 2.24) is 9.55 Å². The van der Waals surface area contributed by atoms with E-state index in [-0.39, 0.29) is 35.2 Å². The third kappa shape index (κ3) is 4.61. The van der Waals surface area contributed by atoms with E-state index < -0.39 is 18.0 Å². The highest BCUT2D eigenvalue weighted by molar-refractivity contribution is 7.99. The normalized spacial score (nSPS) is 12.0. The maximum absolute atomic E-state index is 12.8. The SMILES string of the molecule is CCOC(=O)CSc1nc2cc(C(=O)OC)ccc2c(=O)n1C[C@H](C)O. The maximum atomic E-state index is 12.8. The van der Waals surface area contributed by atoms with Gasteiger partial charge in [-0.25, -0.2) is 9.78 Å². The molecule has 8 nitrogen and oxygen atoms in total. The summed E-state index contributed by atoms with van der Waals surface area (Å²) in [6, 6.07) is 4.44. The molecule has 0 aliphatic rings. The van der Waals surface area contributed by atoms with Gasteiger partial charge in [0.15, 0.2) is 5.16 Å². The van der Waals surface area contributed by atoms with Crippen LogP contribution < -0.4 is 5.56 Å². The molecule has 9 heteroatoms. The van der Waals surface area contributed by atoms with Crippen molar-refractivity contribution in [1.29, 1.82) is 0 Å². The van der Waals surface area contributed by atoms with Gasteiger partial charge in [0, 0.05) is 0 Å². The molecule has 0 saturated heterocycles. The lowest BCUT2D eigenvalue weighted by Crippen LogP contribution is -2.28. The van der Waals surface area contributed by atoms with E-state index in [1.807, 2.05) is 0 Å². The fourth-order valence-electron chi connectivity index (χ4n) is 2.31. The number of hydrogen-bond acceptors (Lipinski definition) is 8. The number of ether oxygens (including phenoxy) is 2. The van der Waals surface area contributed by atoms with Crippen molar-refractivity contribution in [3.05, 3.63) is 34.1 Å². The number of thioether (sulfide) groups is 1. The molecular formula is C17H20N2O6S. The van der Waals surface area contributed by atoms with Crippen LogP contribution in [-0.4, -0.2) is 52.2 Å². The van der Waals surface area contributed by atoms with Gasteiger partial charge in [-0.1, -0.05) is 11.8 Å².